The van der Waals surface area contributed by atoms with E-state index in [0.29, 0.717) is 29.7 Å². The number of carbonyl (C=O) groups is 1. The average Bonchev–Trinajstić information content (AvgIpc) is 3.26. The Morgan fingerprint density at radius 1 is 1.19 bits per heavy atom. The number of hydrogen-bond donors (Lipinski definition) is 3. The number of amides is 1. The van der Waals surface area contributed by atoms with Crippen molar-refractivity contribution in [2.24, 2.45) is 34.5 Å². The molecule has 0 radical (unpaired) electrons. The minimum Gasteiger partial charge on any atom is -0.394 e. The van der Waals surface area contributed by atoms with Crippen LogP contribution in [0, 0.1) is 34.5 Å². The summed E-state index contributed by atoms with van der Waals surface area (Å²) in [6, 6.07) is 7.95. The van der Waals surface area contributed by atoms with Gasteiger partial charge < -0.3 is 20.4 Å². The second-order valence-electron chi connectivity index (χ2n) is 15.6. The molecular formula is C34H58N4O4. The van der Waals surface area contributed by atoms with Gasteiger partial charge in [-0.15, -0.1) is 0 Å². The third-order valence-electron chi connectivity index (χ3n) is 10.4. The van der Waals surface area contributed by atoms with E-state index in [2.05, 4.69) is 95.0 Å². The largest absolute Gasteiger partial charge is 0.394 e. The van der Waals surface area contributed by atoms with Crippen LogP contribution in [0.15, 0.2) is 24.3 Å². The lowest BCUT2D eigenvalue weighted by Crippen LogP contribution is -2.62. The Kier molecular flexibility index (Phi) is 10.5. The highest BCUT2D eigenvalue weighted by Gasteiger charge is 2.57. The van der Waals surface area contributed by atoms with Crippen molar-refractivity contribution in [3.05, 3.63) is 35.4 Å². The van der Waals surface area contributed by atoms with Gasteiger partial charge in [0.1, 0.15) is 12.1 Å². The number of aliphatic hydroxyl groups is 2. The summed E-state index contributed by atoms with van der Waals surface area (Å²) < 4.78 is 0. The lowest BCUT2D eigenvalue weighted by molar-refractivity contribution is -0.183. The summed E-state index contributed by atoms with van der Waals surface area (Å²) in [6.07, 6.45) is 0.815. The van der Waals surface area contributed by atoms with Crippen LogP contribution in [0.4, 0.5) is 0 Å². The highest BCUT2D eigenvalue weighted by atomic mass is 16.7. The summed E-state index contributed by atoms with van der Waals surface area (Å²) in [5.41, 5.74) is 2.80. The van der Waals surface area contributed by atoms with Crippen LogP contribution >= 0.6 is 0 Å². The van der Waals surface area contributed by atoms with Gasteiger partial charge >= 0.3 is 0 Å². The molecule has 8 heteroatoms. The number of hydroxylamine groups is 2. The Balaban J connectivity index is 1.50. The molecule has 0 aromatic heterocycles. The van der Waals surface area contributed by atoms with E-state index in [4.69, 9.17) is 4.84 Å². The van der Waals surface area contributed by atoms with Crippen molar-refractivity contribution in [3.63, 3.8) is 0 Å². The zero-order chi connectivity index (χ0) is 31.0. The maximum absolute atomic E-state index is 14.0. The van der Waals surface area contributed by atoms with E-state index in [9.17, 15) is 15.0 Å². The Hall–Kier alpha value is -1.55. The first kappa shape index (κ1) is 33.3. The minimum atomic E-state index is -0.798. The Morgan fingerprint density at radius 2 is 1.88 bits per heavy atom. The molecule has 1 heterocycles. The van der Waals surface area contributed by atoms with Gasteiger partial charge in [-0.2, -0.15) is 5.06 Å². The molecule has 1 saturated heterocycles. The fourth-order valence-corrected chi connectivity index (χ4v) is 7.98. The molecular weight excluding hydrogens is 528 g/mol. The van der Waals surface area contributed by atoms with Crippen LogP contribution < -0.4 is 5.32 Å². The van der Waals surface area contributed by atoms with Crippen LogP contribution in [0.2, 0.25) is 0 Å². The summed E-state index contributed by atoms with van der Waals surface area (Å²) in [4.78, 5) is 24.9. The van der Waals surface area contributed by atoms with Gasteiger partial charge in [0.25, 0.3) is 0 Å². The van der Waals surface area contributed by atoms with Gasteiger partial charge in [-0.1, -0.05) is 65.8 Å². The molecule has 1 aromatic carbocycles. The molecule has 238 valence electrons. The number of hydrogen-bond acceptors (Lipinski definition) is 7. The van der Waals surface area contributed by atoms with Gasteiger partial charge in [0.2, 0.25) is 5.91 Å². The third kappa shape index (κ3) is 7.56. The van der Waals surface area contributed by atoms with E-state index in [1.807, 2.05) is 0 Å². The Morgan fingerprint density at radius 3 is 2.45 bits per heavy atom. The fraction of sp³-hybridized carbons (Fsp3) is 0.794. The minimum absolute atomic E-state index is 0.107. The molecule has 1 amide bonds. The highest BCUT2D eigenvalue weighted by Crippen LogP contribution is 2.61. The lowest BCUT2D eigenvalue weighted by Gasteiger charge is -2.62. The topological polar surface area (TPSA) is 88.5 Å². The van der Waals surface area contributed by atoms with E-state index in [-0.39, 0.29) is 24.0 Å². The molecule has 2 bridgehead atoms. The summed E-state index contributed by atoms with van der Waals surface area (Å²) in [5, 5.41) is 26.0. The van der Waals surface area contributed by atoms with Crippen molar-refractivity contribution in [3.8, 4) is 0 Å². The van der Waals surface area contributed by atoms with Crippen molar-refractivity contribution in [2.75, 3.05) is 40.3 Å². The predicted octanol–water partition coefficient (Wildman–Crippen LogP) is 3.76. The summed E-state index contributed by atoms with van der Waals surface area (Å²) >= 11 is 0. The summed E-state index contributed by atoms with van der Waals surface area (Å²) in [5.74, 6) is 1.04. The fourth-order valence-electron chi connectivity index (χ4n) is 7.98. The molecule has 0 unspecified atom stereocenters. The van der Waals surface area contributed by atoms with Gasteiger partial charge in [0, 0.05) is 38.1 Å². The number of nitrogens with zero attached hydrogens (tertiary/aromatic N) is 3. The van der Waals surface area contributed by atoms with Crippen LogP contribution in [0.25, 0.3) is 0 Å². The van der Waals surface area contributed by atoms with Gasteiger partial charge in [-0.3, -0.25) is 14.5 Å². The molecule has 3 aliphatic carbocycles. The standard InChI is InChI=1S/C34H58N4O4/c1-22-27-16-26(34(27,6)7)17-28(22)35-32(41)31-30(23(2)40)29(20-39)42-38(31)19-25-12-10-11-24(15-25)18-37(14-13-36(8)9)21-33(3,4)5/h10-12,15,22-23,26-31,39-40H,13-14,16-21H2,1-9H3,(H,35,41)/t22-,23-,26+,27-,28-,29-,30+,31-/m0/s1. The first-order chi connectivity index (χ1) is 19.6. The number of fused-ring (bicyclic) bond motifs is 2. The number of aliphatic hydroxyl groups excluding tert-OH is 2. The smallest absolute Gasteiger partial charge is 0.240 e. The van der Waals surface area contributed by atoms with Crippen LogP contribution in [-0.2, 0) is 22.7 Å². The van der Waals surface area contributed by atoms with Crippen LogP contribution in [0.3, 0.4) is 0 Å². The quantitative estimate of drug-likeness (QED) is 0.344. The second-order valence-corrected chi connectivity index (χ2v) is 15.6. The molecule has 8 atom stereocenters. The summed E-state index contributed by atoms with van der Waals surface area (Å²) in [6.45, 7) is 19.5. The molecule has 42 heavy (non-hydrogen) atoms. The van der Waals surface area contributed by atoms with E-state index in [1.165, 1.54) is 12.0 Å². The Bertz CT molecular complexity index is 1050. The van der Waals surface area contributed by atoms with Crippen molar-refractivity contribution < 1.29 is 19.8 Å². The maximum atomic E-state index is 14.0. The van der Waals surface area contributed by atoms with Crippen molar-refractivity contribution in [1.82, 2.24) is 20.2 Å². The molecule has 1 aliphatic heterocycles. The number of nitrogens with one attached hydrogen (secondary N) is 1. The SMILES string of the molecule is C[C@@H]1[C@@H](NC(=O)[C@@H]2[C@H]([C@H](C)O)[C@H](CO)ON2Cc2cccc(CN(CCN(C)C)CC(C)(C)C)c2)C[C@H]2C[C@@H]1C2(C)C. The van der Waals surface area contributed by atoms with Crippen LogP contribution in [0.1, 0.15) is 72.4 Å². The van der Waals surface area contributed by atoms with Crippen molar-refractivity contribution >= 4 is 5.91 Å². The number of likely N-dealkylation sites (N-methyl/N-ethyl adjacent to an activating group) is 1. The van der Waals surface area contributed by atoms with Crippen LogP contribution in [-0.4, -0.2) is 95.6 Å². The monoisotopic (exact) mass is 586 g/mol. The number of benzene rings is 1. The molecule has 3 saturated carbocycles. The number of rotatable bonds is 12. The predicted molar refractivity (Wildman–Crippen MR) is 167 cm³/mol. The first-order valence-electron chi connectivity index (χ1n) is 16.1. The maximum Gasteiger partial charge on any atom is 0.240 e. The van der Waals surface area contributed by atoms with Crippen LogP contribution in [0.5, 0.6) is 0 Å². The van der Waals surface area contributed by atoms with E-state index in [1.54, 1.807) is 12.0 Å². The van der Waals surface area contributed by atoms with Gasteiger partial charge in [-0.05, 0) is 73.6 Å². The highest BCUT2D eigenvalue weighted by molar-refractivity contribution is 5.82. The van der Waals surface area contributed by atoms with E-state index in [0.717, 1.165) is 38.2 Å². The normalized spacial score (nSPS) is 31.8. The molecule has 4 fully saturated rings. The third-order valence-corrected chi connectivity index (χ3v) is 10.4. The van der Waals surface area contributed by atoms with Crippen molar-refractivity contribution in [2.45, 2.75) is 98.7 Å². The molecule has 5 rings (SSSR count). The molecule has 4 aliphatic rings. The molecule has 0 spiro atoms. The van der Waals surface area contributed by atoms with Gasteiger partial charge in [0.15, 0.2) is 0 Å². The first-order valence-corrected chi connectivity index (χ1v) is 16.1. The molecule has 1 aromatic rings. The zero-order valence-electron chi connectivity index (χ0n) is 27.6. The van der Waals surface area contributed by atoms with E-state index >= 15 is 0 Å². The van der Waals surface area contributed by atoms with Gasteiger partial charge in [-0.25, -0.2) is 0 Å². The van der Waals surface area contributed by atoms with Gasteiger partial charge in [0.05, 0.1) is 19.3 Å². The molecule has 8 nitrogen and oxygen atoms in total. The molecule has 3 N–H and O–H groups in total. The zero-order valence-corrected chi connectivity index (χ0v) is 27.6. The lowest BCUT2D eigenvalue weighted by atomic mass is 9.45. The Labute approximate surface area is 254 Å². The van der Waals surface area contributed by atoms with Crippen molar-refractivity contribution in [1.29, 1.82) is 0 Å². The van der Waals surface area contributed by atoms with E-state index < -0.39 is 24.2 Å². The second kappa shape index (κ2) is 13.2. The number of carbonyl (C=O) groups excluding carboxylic acids is 1. The summed E-state index contributed by atoms with van der Waals surface area (Å²) in [7, 11) is 4.22. The average molecular weight is 587 g/mol.